The zero-order chi connectivity index (χ0) is 26.1. The van der Waals surface area contributed by atoms with Crippen LogP contribution in [-0.2, 0) is 24.1 Å². The predicted octanol–water partition coefficient (Wildman–Crippen LogP) is 6.06. The molecule has 0 spiro atoms. The second kappa shape index (κ2) is 10.4. The molecule has 4 heterocycles. The first-order valence-corrected chi connectivity index (χ1v) is 13.9. The molecule has 198 valence electrons. The van der Waals surface area contributed by atoms with Crippen LogP contribution in [0.3, 0.4) is 0 Å². The Labute approximate surface area is 224 Å². The fourth-order valence-corrected chi connectivity index (χ4v) is 6.45. The van der Waals surface area contributed by atoms with Crippen molar-refractivity contribution in [2.24, 2.45) is 5.92 Å². The molecule has 5 nitrogen and oxygen atoms in total. The van der Waals surface area contributed by atoms with Crippen LogP contribution in [0.25, 0.3) is 0 Å². The topological polar surface area (TPSA) is 38.8 Å². The second-order valence-corrected chi connectivity index (χ2v) is 11.3. The highest BCUT2D eigenvalue weighted by atomic mass is 19.1. The van der Waals surface area contributed by atoms with E-state index in [0.717, 1.165) is 85.5 Å². The molecule has 3 fully saturated rings. The molecular formula is C32H36FN2O3+. The van der Waals surface area contributed by atoms with Crippen LogP contribution in [0.4, 0.5) is 14.9 Å². The molecule has 6 heteroatoms. The molecule has 0 radical (unpaired) electrons. The number of quaternary nitrogens is 1. The molecule has 3 saturated heterocycles. The van der Waals surface area contributed by atoms with Gasteiger partial charge in [0.15, 0.2) is 6.10 Å². The van der Waals surface area contributed by atoms with Gasteiger partial charge in [0.25, 0.3) is 0 Å². The van der Waals surface area contributed by atoms with Crippen LogP contribution < -0.4 is 9.64 Å². The summed E-state index contributed by atoms with van der Waals surface area (Å²) >= 11 is 0. The SMILES string of the molecule is Cc1cccc(N(Cc2ccc(F)cc2)C(=O)OC2C[N+]3(CCc4ccc5c(c4)CCO5)CCC2CC3)c1. The van der Waals surface area contributed by atoms with E-state index in [4.69, 9.17) is 9.47 Å². The van der Waals surface area contributed by atoms with Crippen LogP contribution in [-0.4, -0.2) is 49.5 Å². The Morgan fingerprint density at radius 3 is 2.63 bits per heavy atom. The van der Waals surface area contributed by atoms with E-state index in [1.807, 2.05) is 31.2 Å². The lowest BCUT2D eigenvalue weighted by molar-refractivity contribution is -0.945. The highest BCUT2D eigenvalue weighted by Gasteiger charge is 2.47. The molecule has 4 aliphatic rings. The van der Waals surface area contributed by atoms with E-state index < -0.39 is 0 Å². The highest BCUT2D eigenvalue weighted by Crippen LogP contribution is 2.37. The summed E-state index contributed by atoms with van der Waals surface area (Å²) < 4.78 is 26.5. The number of hydrogen-bond donors (Lipinski definition) is 0. The number of hydrogen-bond acceptors (Lipinski definition) is 3. The quantitative estimate of drug-likeness (QED) is 0.359. The summed E-state index contributed by atoms with van der Waals surface area (Å²) in [4.78, 5) is 15.4. The molecule has 38 heavy (non-hydrogen) atoms. The van der Waals surface area contributed by atoms with Crippen molar-refractivity contribution in [3.63, 3.8) is 0 Å². The lowest BCUT2D eigenvalue weighted by Crippen LogP contribution is -2.65. The van der Waals surface area contributed by atoms with Crippen LogP contribution in [0.2, 0.25) is 0 Å². The number of amides is 1. The van der Waals surface area contributed by atoms with E-state index in [0.29, 0.717) is 12.5 Å². The maximum absolute atomic E-state index is 13.7. The van der Waals surface area contributed by atoms with Crippen molar-refractivity contribution >= 4 is 11.8 Å². The van der Waals surface area contributed by atoms with Gasteiger partial charge in [-0.1, -0.05) is 36.4 Å². The molecule has 1 atom stereocenters. The largest absolute Gasteiger partial charge is 0.493 e. The summed E-state index contributed by atoms with van der Waals surface area (Å²) in [6, 6.07) is 20.9. The summed E-state index contributed by atoms with van der Waals surface area (Å²) in [5, 5.41) is 0. The minimum Gasteiger partial charge on any atom is -0.493 e. The van der Waals surface area contributed by atoms with E-state index in [2.05, 4.69) is 18.2 Å². The maximum Gasteiger partial charge on any atom is 0.415 e. The summed E-state index contributed by atoms with van der Waals surface area (Å²) in [6.45, 7) is 7.39. The Kier molecular flexibility index (Phi) is 6.83. The molecule has 0 aromatic heterocycles. The Morgan fingerprint density at radius 2 is 1.84 bits per heavy atom. The fourth-order valence-electron chi connectivity index (χ4n) is 6.45. The highest BCUT2D eigenvalue weighted by molar-refractivity contribution is 5.87. The number of fused-ring (bicyclic) bond motifs is 4. The van der Waals surface area contributed by atoms with Crippen LogP contribution >= 0.6 is 0 Å². The van der Waals surface area contributed by atoms with Crippen molar-refractivity contribution in [1.29, 1.82) is 0 Å². The third-order valence-electron chi connectivity index (χ3n) is 8.71. The van der Waals surface area contributed by atoms with Crippen LogP contribution in [0.15, 0.2) is 66.7 Å². The first-order valence-electron chi connectivity index (χ1n) is 13.9. The average molecular weight is 516 g/mol. The van der Waals surface area contributed by atoms with Crippen molar-refractivity contribution in [2.75, 3.05) is 37.7 Å². The smallest absolute Gasteiger partial charge is 0.415 e. The zero-order valence-corrected chi connectivity index (χ0v) is 22.1. The number of ether oxygens (including phenoxy) is 2. The summed E-state index contributed by atoms with van der Waals surface area (Å²) in [5.74, 6) is 1.17. The number of nitrogens with zero attached hydrogens (tertiary/aromatic N) is 2. The van der Waals surface area contributed by atoms with E-state index in [1.165, 1.54) is 23.3 Å². The lowest BCUT2D eigenvalue weighted by Gasteiger charge is -2.52. The zero-order valence-electron chi connectivity index (χ0n) is 22.1. The molecule has 1 amide bonds. The van der Waals surface area contributed by atoms with Gasteiger partial charge >= 0.3 is 6.09 Å². The molecule has 0 aliphatic carbocycles. The predicted molar refractivity (Wildman–Crippen MR) is 146 cm³/mol. The van der Waals surface area contributed by atoms with E-state index in [9.17, 15) is 9.18 Å². The van der Waals surface area contributed by atoms with Gasteiger partial charge in [0.1, 0.15) is 18.1 Å². The Balaban J connectivity index is 1.16. The molecule has 0 N–H and O–H groups in total. The summed E-state index contributed by atoms with van der Waals surface area (Å²) in [5.41, 5.74) is 5.42. The van der Waals surface area contributed by atoms with Gasteiger partial charge < -0.3 is 14.0 Å². The number of piperidine rings is 3. The van der Waals surface area contributed by atoms with Crippen molar-refractivity contribution < 1.29 is 23.1 Å². The lowest BCUT2D eigenvalue weighted by atomic mass is 9.83. The number of carbonyl (C=O) groups is 1. The molecule has 7 rings (SSSR count). The molecule has 0 saturated carbocycles. The van der Waals surface area contributed by atoms with Crippen LogP contribution in [0.1, 0.15) is 35.1 Å². The molecule has 3 aromatic carbocycles. The van der Waals surface area contributed by atoms with Crippen LogP contribution in [0, 0.1) is 18.7 Å². The van der Waals surface area contributed by atoms with E-state index >= 15 is 0 Å². The Hall–Kier alpha value is -3.38. The molecule has 3 aromatic rings. The van der Waals surface area contributed by atoms with Gasteiger partial charge in [-0.2, -0.15) is 0 Å². The van der Waals surface area contributed by atoms with Gasteiger partial charge in [-0.25, -0.2) is 9.18 Å². The Morgan fingerprint density at radius 1 is 1.05 bits per heavy atom. The fraction of sp³-hybridized carbons (Fsp3) is 0.406. The van der Waals surface area contributed by atoms with Crippen LogP contribution in [0.5, 0.6) is 5.75 Å². The number of rotatable bonds is 7. The van der Waals surface area contributed by atoms with Crippen molar-refractivity contribution in [3.05, 3.63) is 94.8 Å². The van der Waals surface area contributed by atoms with E-state index in [1.54, 1.807) is 17.0 Å². The van der Waals surface area contributed by atoms with Gasteiger partial charge in [-0.3, -0.25) is 4.90 Å². The summed E-state index contributed by atoms with van der Waals surface area (Å²) in [7, 11) is 0. The first-order chi connectivity index (χ1) is 18.5. The van der Waals surface area contributed by atoms with E-state index in [-0.39, 0.29) is 18.0 Å². The number of carbonyl (C=O) groups excluding carboxylic acids is 1. The number of aryl methyl sites for hydroxylation is 1. The third kappa shape index (κ3) is 5.28. The number of benzene rings is 3. The van der Waals surface area contributed by atoms with Crippen molar-refractivity contribution in [1.82, 2.24) is 0 Å². The monoisotopic (exact) mass is 515 g/mol. The van der Waals surface area contributed by atoms with Gasteiger partial charge in [-0.05, 0) is 59.5 Å². The molecule has 2 bridgehead atoms. The minimum atomic E-state index is -0.324. The summed E-state index contributed by atoms with van der Waals surface area (Å²) in [6.07, 6.45) is 3.81. The molecular weight excluding hydrogens is 479 g/mol. The molecule has 1 unspecified atom stereocenters. The van der Waals surface area contributed by atoms with Gasteiger partial charge in [0, 0.05) is 37.3 Å². The molecule has 4 aliphatic heterocycles. The number of halogens is 1. The third-order valence-corrected chi connectivity index (χ3v) is 8.71. The normalized spacial score (nSPS) is 23.5. The maximum atomic E-state index is 13.7. The Bertz CT molecular complexity index is 1300. The minimum absolute atomic E-state index is 0.0843. The van der Waals surface area contributed by atoms with Gasteiger partial charge in [0.2, 0.25) is 0 Å². The van der Waals surface area contributed by atoms with Gasteiger partial charge in [-0.15, -0.1) is 0 Å². The standard InChI is InChI=1S/C32H36FN2O3/c1-23-3-2-4-29(19-23)34(21-25-5-8-28(33)9-6-25)32(36)38-31-22-35(16-12-26(31)13-17-35)15-11-24-7-10-30-27(20-24)14-18-37-30/h2-10,19-20,26,31H,11-18,21-22H2,1H3/q+1. The average Bonchev–Trinajstić information content (AvgIpc) is 3.40. The van der Waals surface area contributed by atoms with Gasteiger partial charge in [0.05, 0.1) is 32.8 Å². The first kappa shape index (κ1) is 24.9. The number of anilines is 1. The second-order valence-electron chi connectivity index (χ2n) is 11.3. The van der Waals surface area contributed by atoms with Crippen molar-refractivity contribution in [2.45, 2.75) is 45.3 Å². The van der Waals surface area contributed by atoms with Crippen molar-refractivity contribution in [3.8, 4) is 5.75 Å².